The molecule has 7 nitrogen and oxygen atoms in total. The molecule has 0 bridgehead atoms. The number of carbonyl (C=O) groups excluding carboxylic acids is 2. The highest BCUT2D eigenvalue weighted by molar-refractivity contribution is 7.12. The van der Waals surface area contributed by atoms with Crippen LogP contribution in [0.5, 0.6) is 17.2 Å². The predicted molar refractivity (Wildman–Crippen MR) is 121 cm³/mol. The number of amides is 2. The Morgan fingerprint density at radius 1 is 0.871 bits per heavy atom. The third-order valence-corrected chi connectivity index (χ3v) is 5.18. The molecule has 2 N–H and O–H groups in total. The summed E-state index contributed by atoms with van der Waals surface area (Å²) in [6, 6.07) is 15.7. The van der Waals surface area contributed by atoms with Crippen LogP contribution in [0.3, 0.4) is 0 Å². The summed E-state index contributed by atoms with van der Waals surface area (Å²) in [5, 5.41) is 7.28. The Bertz CT molecular complexity index is 1090. The van der Waals surface area contributed by atoms with Crippen molar-refractivity contribution >= 4 is 34.9 Å². The molecule has 0 radical (unpaired) electrons. The summed E-state index contributed by atoms with van der Waals surface area (Å²) in [6.45, 7) is 0. The Kier molecular flexibility index (Phi) is 7.29. The fraction of sp³-hybridized carbons (Fsp3) is 0.130. The van der Waals surface area contributed by atoms with Gasteiger partial charge in [0.15, 0.2) is 11.5 Å². The van der Waals surface area contributed by atoms with Gasteiger partial charge in [-0.3, -0.25) is 9.59 Å². The maximum atomic E-state index is 13.1. The standard InChI is InChI=1S/C23H22N2O5S/c1-28-18-8-5-4-7-16(18)24-22(26)17(25-23(27)21-9-6-12-31-21)13-15-10-11-19(29-2)20(14-15)30-3/h4-14H,1-3H3,(H,24,26)(H,25,27). The van der Waals surface area contributed by atoms with Crippen LogP contribution in [0, 0.1) is 0 Å². The number of hydrogen-bond acceptors (Lipinski definition) is 6. The molecule has 0 aliphatic heterocycles. The van der Waals surface area contributed by atoms with Crippen LogP contribution in [0.1, 0.15) is 15.2 Å². The third kappa shape index (κ3) is 5.43. The number of hydrogen-bond donors (Lipinski definition) is 2. The highest BCUT2D eigenvalue weighted by atomic mass is 32.1. The van der Waals surface area contributed by atoms with Crippen molar-refractivity contribution in [2.75, 3.05) is 26.6 Å². The number of methoxy groups -OCH3 is 3. The summed E-state index contributed by atoms with van der Waals surface area (Å²) in [4.78, 5) is 26.2. The number of benzene rings is 2. The van der Waals surface area contributed by atoms with Crippen LogP contribution >= 0.6 is 11.3 Å². The minimum Gasteiger partial charge on any atom is -0.495 e. The van der Waals surface area contributed by atoms with Gasteiger partial charge in [-0.2, -0.15) is 0 Å². The van der Waals surface area contributed by atoms with E-state index in [2.05, 4.69) is 10.6 Å². The Hall–Kier alpha value is -3.78. The Balaban J connectivity index is 1.95. The monoisotopic (exact) mass is 438 g/mol. The fourth-order valence-electron chi connectivity index (χ4n) is 2.80. The van der Waals surface area contributed by atoms with Crippen molar-refractivity contribution in [3.05, 3.63) is 76.1 Å². The summed E-state index contributed by atoms with van der Waals surface area (Å²) in [6.07, 6.45) is 1.57. The number of carbonyl (C=O) groups is 2. The second-order valence-corrected chi connectivity index (χ2v) is 7.21. The van der Waals surface area contributed by atoms with Crippen molar-refractivity contribution in [3.63, 3.8) is 0 Å². The molecular formula is C23H22N2O5S. The molecule has 31 heavy (non-hydrogen) atoms. The van der Waals surface area contributed by atoms with E-state index in [0.717, 1.165) is 0 Å². The molecule has 1 heterocycles. The lowest BCUT2D eigenvalue weighted by Crippen LogP contribution is -2.30. The molecule has 0 unspecified atom stereocenters. The molecule has 0 saturated heterocycles. The van der Waals surface area contributed by atoms with Crippen molar-refractivity contribution in [2.24, 2.45) is 0 Å². The van der Waals surface area contributed by atoms with Gasteiger partial charge in [0.05, 0.1) is 31.9 Å². The van der Waals surface area contributed by atoms with E-state index in [4.69, 9.17) is 14.2 Å². The molecule has 8 heteroatoms. The molecule has 2 aromatic carbocycles. The van der Waals surface area contributed by atoms with Crippen LogP contribution in [-0.4, -0.2) is 33.1 Å². The molecule has 0 fully saturated rings. The molecule has 2 amide bonds. The Morgan fingerprint density at radius 3 is 2.29 bits per heavy atom. The molecule has 160 valence electrons. The van der Waals surface area contributed by atoms with E-state index in [0.29, 0.717) is 33.4 Å². The van der Waals surface area contributed by atoms with E-state index in [1.54, 1.807) is 73.2 Å². The first-order valence-corrected chi connectivity index (χ1v) is 10.2. The van der Waals surface area contributed by atoms with Crippen LogP contribution in [0.15, 0.2) is 65.7 Å². The predicted octanol–water partition coefficient (Wildman–Crippen LogP) is 4.18. The quantitative estimate of drug-likeness (QED) is 0.515. The SMILES string of the molecule is COc1ccccc1NC(=O)C(=Cc1ccc(OC)c(OC)c1)NC(=O)c1cccs1. The van der Waals surface area contributed by atoms with Gasteiger partial charge in [0, 0.05) is 0 Å². The van der Waals surface area contributed by atoms with Crippen LogP contribution in [-0.2, 0) is 4.79 Å². The molecule has 0 spiro atoms. The Morgan fingerprint density at radius 2 is 1.61 bits per heavy atom. The molecule has 0 aliphatic carbocycles. The molecule has 0 saturated carbocycles. The van der Waals surface area contributed by atoms with E-state index in [-0.39, 0.29) is 11.6 Å². The second-order valence-electron chi connectivity index (χ2n) is 6.26. The van der Waals surface area contributed by atoms with Crippen LogP contribution in [0.25, 0.3) is 6.08 Å². The van der Waals surface area contributed by atoms with Crippen molar-refractivity contribution in [1.29, 1.82) is 0 Å². The molecule has 3 aromatic rings. The summed E-state index contributed by atoms with van der Waals surface area (Å²) in [5.74, 6) is 0.694. The summed E-state index contributed by atoms with van der Waals surface area (Å²) >= 11 is 1.28. The number of rotatable bonds is 8. The maximum absolute atomic E-state index is 13.1. The average Bonchev–Trinajstić information content (AvgIpc) is 3.34. The first-order chi connectivity index (χ1) is 15.0. The zero-order chi connectivity index (χ0) is 22.2. The highest BCUT2D eigenvalue weighted by Crippen LogP contribution is 2.29. The minimum absolute atomic E-state index is 0.0662. The van der Waals surface area contributed by atoms with Gasteiger partial charge in [0.1, 0.15) is 11.4 Å². The zero-order valence-corrected chi connectivity index (χ0v) is 18.1. The number of para-hydroxylation sites is 2. The molecule has 0 atom stereocenters. The number of anilines is 1. The lowest BCUT2D eigenvalue weighted by molar-refractivity contribution is -0.113. The normalized spacial score (nSPS) is 10.9. The van der Waals surface area contributed by atoms with Gasteiger partial charge in [0.25, 0.3) is 11.8 Å². The van der Waals surface area contributed by atoms with Gasteiger partial charge in [-0.25, -0.2) is 0 Å². The van der Waals surface area contributed by atoms with Crippen molar-refractivity contribution in [2.45, 2.75) is 0 Å². The lowest BCUT2D eigenvalue weighted by atomic mass is 10.1. The summed E-state index contributed by atoms with van der Waals surface area (Å²) < 4.78 is 15.9. The van der Waals surface area contributed by atoms with Gasteiger partial charge < -0.3 is 24.8 Å². The number of nitrogens with one attached hydrogen (secondary N) is 2. The van der Waals surface area contributed by atoms with Crippen LogP contribution in [0.2, 0.25) is 0 Å². The van der Waals surface area contributed by atoms with Crippen LogP contribution in [0.4, 0.5) is 5.69 Å². The highest BCUT2D eigenvalue weighted by Gasteiger charge is 2.17. The second kappa shape index (κ2) is 10.3. The van der Waals surface area contributed by atoms with E-state index in [1.165, 1.54) is 25.6 Å². The van der Waals surface area contributed by atoms with E-state index in [9.17, 15) is 9.59 Å². The zero-order valence-electron chi connectivity index (χ0n) is 17.3. The minimum atomic E-state index is -0.496. The average molecular weight is 439 g/mol. The first kappa shape index (κ1) is 21.9. The third-order valence-electron chi connectivity index (χ3n) is 4.31. The Labute approximate surface area is 184 Å². The molecular weight excluding hydrogens is 416 g/mol. The molecule has 1 aromatic heterocycles. The number of thiophene rings is 1. The topological polar surface area (TPSA) is 85.9 Å². The maximum Gasteiger partial charge on any atom is 0.272 e. The van der Waals surface area contributed by atoms with Crippen molar-refractivity contribution in [1.82, 2.24) is 5.32 Å². The van der Waals surface area contributed by atoms with E-state index < -0.39 is 5.91 Å². The van der Waals surface area contributed by atoms with Crippen LogP contribution < -0.4 is 24.8 Å². The van der Waals surface area contributed by atoms with Gasteiger partial charge >= 0.3 is 0 Å². The first-order valence-electron chi connectivity index (χ1n) is 9.28. The summed E-state index contributed by atoms with van der Waals surface area (Å²) in [5.41, 5.74) is 1.20. The summed E-state index contributed by atoms with van der Waals surface area (Å²) in [7, 11) is 4.59. The molecule has 0 aliphatic rings. The van der Waals surface area contributed by atoms with Crippen molar-refractivity contribution < 1.29 is 23.8 Å². The van der Waals surface area contributed by atoms with Gasteiger partial charge in [-0.1, -0.05) is 24.3 Å². The van der Waals surface area contributed by atoms with Gasteiger partial charge in [-0.05, 0) is 47.4 Å². The van der Waals surface area contributed by atoms with E-state index in [1.807, 2.05) is 0 Å². The molecule has 3 rings (SSSR count). The van der Waals surface area contributed by atoms with Gasteiger partial charge in [0.2, 0.25) is 0 Å². The smallest absolute Gasteiger partial charge is 0.272 e. The van der Waals surface area contributed by atoms with Gasteiger partial charge in [-0.15, -0.1) is 11.3 Å². The fourth-order valence-corrected chi connectivity index (χ4v) is 3.42. The largest absolute Gasteiger partial charge is 0.495 e. The lowest BCUT2D eigenvalue weighted by Gasteiger charge is -2.13. The van der Waals surface area contributed by atoms with E-state index >= 15 is 0 Å². The number of ether oxygens (including phenoxy) is 3. The van der Waals surface area contributed by atoms with Crippen molar-refractivity contribution in [3.8, 4) is 17.2 Å².